The van der Waals surface area contributed by atoms with Gasteiger partial charge in [0.2, 0.25) is 17.7 Å². The number of anilines is 1. The summed E-state index contributed by atoms with van der Waals surface area (Å²) in [7, 11) is 0. The summed E-state index contributed by atoms with van der Waals surface area (Å²) in [6.45, 7) is 11.2. The van der Waals surface area contributed by atoms with Crippen molar-refractivity contribution in [2.24, 2.45) is 29.4 Å². The second-order valence-electron chi connectivity index (χ2n) is 21.4. The van der Waals surface area contributed by atoms with Crippen molar-refractivity contribution in [2.75, 3.05) is 77.0 Å². The molecule has 75 heavy (non-hydrogen) atoms. The van der Waals surface area contributed by atoms with E-state index >= 15 is 4.39 Å². The molecule has 1 saturated carbocycles. The number of primary amides is 1. The van der Waals surface area contributed by atoms with E-state index in [0.29, 0.717) is 58.8 Å². The Balaban J connectivity index is 0.686. The van der Waals surface area contributed by atoms with Crippen LogP contribution in [0.4, 0.5) is 14.9 Å². The molecule has 5 fully saturated rings. The lowest BCUT2D eigenvalue weighted by molar-refractivity contribution is -0.138. The summed E-state index contributed by atoms with van der Waals surface area (Å²) in [5.74, 6) is 0.953. The molecule has 6 amide bonds. The van der Waals surface area contributed by atoms with Gasteiger partial charge in [0, 0.05) is 92.3 Å². The Hall–Kier alpha value is -6.03. The monoisotopic (exact) mass is 1050 g/mol. The van der Waals surface area contributed by atoms with Crippen molar-refractivity contribution in [3.8, 4) is 22.6 Å². The summed E-state index contributed by atoms with van der Waals surface area (Å²) in [6.07, 6.45) is 10.2. The van der Waals surface area contributed by atoms with Crippen molar-refractivity contribution in [2.45, 2.75) is 96.4 Å². The number of hydrogen-bond acceptors (Lipinski definition) is 9. The molecule has 1 atom stereocenters. The number of nitrogens with one attached hydrogen (secondary N) is 2. The topological polar surface area (TPSA) is 167 Å². The van der Waals surface area contributed by atoms with E-state index in [1.54, 1.807) is 19.1 Å². The van der Waals surface area contributed by atoms with Crippen molar-refractivity contribution in [3.05, 3.63) is 112 Å². The Morgan fingerprint density at radius 1 is 0.787 bits per heavy atom. The Bertz CT molecular complexity index is 2680. The summed E-state index contributed by atoms with van der Waals surface area (Å²) >= 11 is 6.74. The fraction of sp³-hybridized carbons (Fsp3) is 0.508. The van der Waals surface area contributed by atoms with Gasteiger partial charge in [-0.05, 0) is 156 Å². The maximum atomic E-state index is 16.0. The van der Waals surface area contributed by atoms with Crippen LogP contribution in [0.25, 0.3) is 11.1 Å². The molecule has 4 aliphatic heterocycles. The molecular weight excluding hydrogens is 973 g/mol. The molecule has 0 spiro atoms. The van der Waals surface area contributed by atoms with Crippen LogP contribution in [0.15, 0.2) is 78.9 Å². The third-order valence-corrected chi connectivity index (χ3v) is 17.1. The molecule has 400 valence electrons. The maximum absolute atomic E-state index is 16.0. The first-order valence-corrected chi connectivity index (χ1v) is 27.7. The van der Waals surface area contributed by atoms with Gasteiger partial charge < -0.3 is 35.2 Å². The van der Waals surface area contributed by atoms with Gasteiger partial charge in [0.1, 0.15) is 5.75 Å². The first-order valence-electron chi connectivity index (χ1n) is 27.3. The zero-order valence-corrected chi connectivity index (χ0v) is 44.3. The van der Waals surface area contributed by atoms with Crippen LogP contribution >= 0.6 is 11.6 Å². The van der Waals surface area contributed by atoms with Gasteiger partial charge in [-0.3, -0.25) is 29.4 Å². The highest BCUT2D eigenvalue weighted by Crippen LogP contribution is 2.40. The second kappa shape index (κ2) is 24.8. The molecule has 4 aromatic rings. The maximum Gasteiger partial charge on any atom is 0.328 e. The standard InChI is InChI=1S/C59H73ClFN7O7/c1-3-74-52-18-16-47(57(62)71)55(56(52)61)48-33-44(12-17-50(48)60)49(42-7-5-4-6-8-42)35-63-45-13-10-43(11-14-45)58(72)67-28-19-39(20-29-67)36-65-26-21-40(22-27-65)41-23-30-66(31-24-41)54(70)37-75-46-15-9-38(2)51(34-46)68-32-25-53(69)64-59(68)73/h4-9,12,15-18,33-34,39-41,43,45,49,63H,3,10-11,13-14,19-32,35-37H2,1-2H3,(H2,62,71)(H,64,69,73). The van der Waals surface area contributed by atoms with E-state index < -0.39 is 17.8 Å². The average Bonchev–Trinajstić information content (AvgIpc) is 3.42. The van der Waals surface area contributed by atoms with Gasteiger partial charge in [-0.2, -0.15) is 0 Å². The molecule has 0 bridgehead atoms. The zero-order chi connectivity index (χ0) is 52.6. The normalized spacial score (nSPS) is 20.9. The van der Waals surface area contributed by atoms with E-state index in [-0.39, 0.29) is 66.2 Å². The molecule has 9 rings (SSSR count). The largest absolute Gasteiger partial charge is 0.491 e. The van der Waals surface area contributed by atoms with Crippen LogP contribution in [0.5, 0.6) is 11.5 Å². The van der Waals surface area contributed by atoms with Gasteiger partial charge in [0.15, 0.2) is 18.2 Å². The Kier molecular flexibility index (Phi) is 17.8. The van der Waals surface area contributed by atoms with Crippen LogP contribution in [0.3, 0.4) is 0 Å². The molecule has 14 nitrogen and oxygen atoms in total. The molecule has 1 aliphatic carbocycles. The van der Waals surface area contributed by atoms with Crippen molar-refractivity contribution in [1.29, 1.82) is 0 Å². The number of carbonyl (C=O) groups is 5. The van der Waals surface area contributed by atoms with Gasteiger partial charge in [-0.25, -0.2) is 9.18 Å². The van der Waals surface area contributed by atoms with Gasteiger partial charge >= 0.3 is 6.03 Å². The number of nitrogens with two attached hydrogens (primary N) is 1. The highest BCUT2D eigenvalue weighted by Gasteiger charge is 2.35. The zero-order valence-electron chi connectivity index (χ0n) is 43.5. The SMILES string of the molecule is CCOc1ccc(C(N)=O)c(-c2cc(C(CNC3CCC(C(=O)N4CCC(CN5CCC(C6CCN(C(=O)COc7ccc(C)c(N8CCC(=O)NC8=O)c7)CC6)CC5)CC4)CC3)c3ccccc3)ccc2Cl)c1F. The molecule has 1 unspecified atom stereocenters. The third-order valence-electron chi connectivity index (χ3n) is 16.7. The minimum atomic E-state index is -0.756. The van der Waals surface area contributed by atoms with E-state index in [1.165, 1.54) is 29.9 Å². The van der Waals surface area contributed by atoms with E-state index in [1.807, 2.05) is 54.3 Å². The third kappa shape index (κ3) is 13.0. The lowest BCUT2D eigenvalue weighted by Gasteiger charge is -2.42. The quantitative estimate of drug-likeness (QED) is 0.0936. The molecule has 16 heteroatoms. The Morgan fingerprint density at radius 2 is 1.48 bits per heavy atom. The van der Waals surface area contributed by atoms with Crippen molar-refractivity contribution in [1.82, 2.24) is 25.3 Å². The molecule has 4 heterocycles. The van der Waals surface area contributed by atoms with Crippen molar-refractivity contribution < 1.29 is 37.8 Å². The van der Waals surface area contributed by atoms with Gasteiger partial charge in [0.25, 0.3) is 5.91 Å². The number of rotatable bonds is 17. The fourth-order valence-corrected chi connectivity index (χ4v) is 12.6. The van der Waals surface area contributed by atoms with Crippen LogP contribution in [0, 0.1) is 36.4 Å². The van der Waals surface area contributed by atoms with Gasteiger partial charge in [-0.1, -0.05) is 54.1 Å². The summed E-state index contributed by atoms with van der Waals surface area (Å²) in [5, 5.41) is 6.49. The summed E-state index contributed by atoms with van der Waals surface area (Å²) in [4.78, 5) is 72.0. The van der Waals surface area contributed by atoms with Crippen LogP contribution in [0.1, 0.15) is 111 Å². The van der Waals surface area contributed by atoms with E-state index in [9.17, 15) is 24.0 Å². The van der Waals surface area contributed by atoms with Crippen molar-refractivity contribution >= 4 is 46.9 Å². The number of ether oxygens (including phenoxy) is 2. The average molecular weight is 1050 g/mol. The predicted octanol–water partition coefficient (Wildman–Crippen LogP) is 8.95. The van der Waals surface area contributed by atoms with E-state index in [0.717, 1.165) is 114 Å². The van der Waals surface area contributed by atoms with Gasteiger partial charge in [0.05, 0.1) is 17.9 Å². The number of likely N-dealkylation sites (tertiary alicyclic amines) is 3. The number of imide groups is 1. The minimum absolute atomic E-state index is 0.0257. The summed E-state index contributed by atoms with van der Waals surface area (Å²) in [5.41, 5.74) is 9.73. The molecule has 4 N–H and O–H groups in total. The van der Waals surface area contributed by atoms with E-state index in [4.69, 9.17) is 26.8 Å². The molecule has 0 radical (unpaired) electrons. The molecule has 4 aromatic carbocycles. The lowest BCUT2D eigenvalue weighted by Crippen LogP contribution is -2.49. The summed E-state index contributed by atoms with van der Waals surface area (Å²) < 4.78 is 27.5. The number of nitrogens with zero attached hydrogens (tertiary/aromatic N) is 4. The number of urea groups is 1. The fourth-order valence-electron chi connectivity index (χ4n) is 12.4. The number of amides is 6. The number of piperidine rings is 3. The predicted molar refractivity (Wildman–Crippen MR) is 289 cm³/mol. The number of benzene rings is 4. The number of halogens is 2. The Morgan fingerprint density at radius 3 is 2.16 bits per heavy atom. The molecule has 0 aromatic heterocycles. The minimum Gasteiger partial charge on any atom is -0.491 e. The molecule has 5 aliphatic rings. The van der Waals surface area contributed by atoms with E-state index in [2.05, 4.69) is 32.6 Å². The first kappa shape index (κ1) is 53.8. The van der Waals surface area contributed by atoms with Crippen LogP contribution in [0.2, 0.25) is 5.02 Å². The van der Waals surface area contributed by atoms with Crippen LogP contribution < -0.4 is 30.7 Å². The number of carbonyl (C=O) groups excluding carboxylic acids is 5. The van der Waals surface area contributed by atoms with Crippen molar-refractivity contribution in [3.63, 3.8) is 0 Å². The Labute approximate surface area is 445 Å². The number of aryl methyl sites for hydroxylation is 1. The summed E-state index contributed by atoms with van der Waals surface area (Å²) in [6, 6.07) is 23.9. The lowest BCUT2D eigenvalue weighted by atomic mass is 9.78. The molecular formula is C59H73ClFN7O7. The first-order chi connectivity index (χ1) is 36.3. The van der Waals surface area contributed by atoms with Crippen LogP contribution in [-0.2, 0) is 14.4 Å². The number of hydrogen-bond donors (Lipinski definition) is 3. The second-order valence-corrected chi connectivity index (χ2v) is 21.8. The van der Waals surface area contributed by atoms with Crippen LogP contribution in [-0.4, -0.2) is 123 Å². The smallest absolute Gasteiger partial charge is 0.328 e. The highest BCUT2D eigenvalue weighted by molar-refractivity contribution is 6.33. The van der Waals surface area contributed by atoms with Gasteiger partial charge in [-0.15, -0.1) is 0 Å². The highest BCUT2D eigenvalue weighted by atomic mass is 35.5. The molecule has 4 saturated heterocycles.